The smallest absolute Gasteiger partial charge is 0.0636 e. The summed E-state index contributed by atoms with van der Waals surface area (Å²) in [5.41, 5.74) is 9.52. The van der Waals surface area contributed by atoms with E-state index in [1.54, 1.807) is 0 Å². The van der Waals surface area contributed by atoms with Gasteiger partial charge in [-0.25, -0.2) is 0 Å². The predicted octanol–water partition coefficient (Wildman–Crippen LogP) is 4.65. The maximum atomic E-state index is 5.91. The van der Waals surface area contributed by atoms with Crippen LogP contribution >= 0.6 is 11.6 Å². The molecule has 1 unspecified atom stereocenters. The lowest BCUT2D eigenvalue weighted by atomic mass is 9.99. The maximum absolute atomic E-state index is 5.91. The first kappa shape index (κ1) is 15.9. The van der Waals surface area contributed by atoms with E-state index in [0.29, 0.717) is 12.5 Å². The van der Waals surface area contributed by atoms with Gasteiger partial charge in [-0.05, 0) is 47.7 Å². The van der Waals surface area contributed by atoms with Crippen LogP contribution in [0.25, 0.3) is 0 Å². The summed E-state index contributed by atoms with van der Waals surface area (Å²) in [5, 5.41) is 4.19. The molecule has 0 radical (unpaired) electrons. The molecule has 3 N–H and O–H groups in total. The molecule has 0 amide bonds. The third-order valence-corrected chi connectivity index (χ3v) is 3.70. The van der Waals surface area contributed by atoms with Crippen LogP contribution in [0.4, 0.5) is 5.69 Å². The zero-order valence-corrected chi connectivity index (χ0v) is 13.4. The number of anilines is 1. The molecule has 2 aromatic carbocycles. The average molecular weight is 303 g/mol. The molecule has 2 nitrogen and oxygen atoms in total. The Bertz CT molecular complexity index is 546. The maximum Gasteiger partial charge on any atom is 0.0636 e. The summed E-state index contributed by atoms with van der Waals surface area (Å²) in [6.45, 7) is 5.02. The third kappa shape index (κ3) is 4.76. The molecule has 1 atom stereocenters. The van der Waals surface area contributed by atoms with Crippen molar-refractivity contribution in [2.24, 2.45) is 11.7 Å². The van der Waals surface area contributed by atoms with Crippen molar-refractivity contribution in [3.63, 3.8) is 0 Å². The Morgan fingerprint density at radius 2 is 1.62 bits per heavy atom. The van der Waals surface area contributed by atoms with Gasteiger partial charge in [-0.1, -0.05) is 49.7 Å². The molecule has 0 aliphatic heterocycles. The second-order valence-corrected chi connectivity index (χ2v) is 6.22. The van der Waals surface area contributed by atoms with E-state index in [4.69, 9.17) is 17.3 Å². The van der Waals surface area contributed by atoms with Gasteiger partial charge in [0.15, 0.2) is 0 Å². The topological polar surface area (TPSA) is 38.0 Å². The van der Waals surface area contributed by atoms with Crippen molar-refractivity contribution in [2.45, 2.75) is 26.3 Å². The van der Waals surface area contributed by atoms with Gasteiger partial charge in [0.2, 0.25) is 0 Å². The number of hydrogen-bond donors (Lipinski definition) is 2. The summed E-state index contributed by atoms with van der Waals surface area (Å²) in [6, 6.07) is 16.5. The van der Waals surface area contributed by atoms with Crippen molar-refractivity contribution < 1.29 is 0 Å². The van der Waals surface area contributed by atoms with E-state index in [0.717, 1.165) is 17.1 Å². The van der Waals surface area contributed by atoms with E-state index in [1.165, 1.54) is 11.1 Å². The lowest BCUT2D eigenvalue weighted by Crippen LogP contribution is -2.20. The average Bonchev–Trinajstić information content (AvgIpc) is 2.47. The first-order valence-corrected chi connectivity index (χ1v) is 7.77. The predicted molar refractivity (Wildman–Crippen MR) is 91.9 cm³/mol. The van der Waals surface area contributed by atoms with Gasteiger partial charge < -0.3 is 11.1 Å². The van der Waals surface area contributed by atoms with Crippen LogP contribution in [-0.2, 0) is 6.42 Å². The van der Waals surface area contributed by atoms with Gasteiger partial charge in [-0.2, -0.15) is 0 Å². The monoisotopic (exact) mass is 302 g/mol. The number of nitrogens with one attached hydrogen (secondary N) is 1. The number of hydrogen-bond acceptors (Lipinski definition) is 2. The summed E-state index contributed by atoms with van der Waals surface area (Å²) in [6.07, 6.45) is 1.11. The van der Waals surface area contributed by atoms with E-state index >= 15 is 0 Å². The van der Waals surface area contributed by atoms with Gasteiger partial charge >= 0.3 is 0 Å². The quantitative estimate of drug-likeness (QED) is 0.815. The fourth-order valence-corrected chi connectivity index (χ4v) is 2.51. The van der Waals surface area contributed by atoms with E-state index < -0.39 is 0 Å². The largest absolute Gasteiger partial charge is 0.377 e. The second kappa shape index (κ2) is 7.48. The molecule has 0 bridgehead atoms. The summed E-state index contributed by atoms with van der Waals surface area (Å²) < 4.78 is 0. The second-order valence-electron chi connectivity index (χ2n) is 5.78. The van der Waals surface area contributed by atoms with E-state index in [-0.39, 0.29) is 6.04 Å². The third-order valence-electron chi connectivity index (χ3n) is 3.45. The molecule has 112 valence electrons. The Hall–Kier alpha value is -1.51. The van der Waals surface area contributed by atoms with Gasteiger partial charge in [0.1, 0.15) is 0 Å². The van der Waals surface area contributed by atoms with Gasteiger partial charge in [-0.3, -0.25) is 0 Å². The molecular formula is C18H23ClN2. The Labute approximate surface area is 132 Å². The first-order chi connectivity index (χ1) is 10.1. The van der Waals surface area contributed by atoms with Crippen LogP contribution in [0.15, 0.2) is 48.5 Å². The molecule has 0 heterocycles. The van der Waals surface area contributed by atoms with Crippen molar-refractivity contribution in [2.75, 3.05) is 11.9 Å². The van der Waals surface area contributed by atoms with Crippen LogP contribution in [0.5, 0.6) is 0 Å². The number of nitrogens with two attached hydrogens (primary N) is 1. The van der Waals surface area contributed by atoms with Crippen LogP contribution in [0.1, 0.15) is 31.0 Å². The SMILES string of the molecule is CC(C)Cc1ccc(C(CN)Nc2ccc(Cl)cc2)cc1. The molecule has 3 heteroatoms. The normalized spacial score (nSPS) is 12.4. The van der Waals surface area contributed by atoms with Crippen LogP contribution < -0.4 is 11.1 Å². The highest BCUT2D eigenvalue weighted by Gasteiger charge is 2.09. The molecule has 2 rings (SSSR count). The van der Waals surface area contributed by atoms with Gasteiger partial charge in [-0.15, -0.1) is 0 Å². The van der Waals surface area contributed by atoms with Gasteiger partial charge in [0.25, 0.3) is 0 Å². The Morgan fingerprint density at radius 3 is 2.14 bits per heavy atom. The molecule has 0 fully saturated rings. The Kier molecular flexibility index (Phi) is 5.66. The number of rotatable bonds is 6. The highest BCUT2D eigenvalue weighted by Crippen LogP contribution is 2.21. The highest BCUT2D eigenvalue weighted by atomic mass is 35.5. The minimum absolute atomic E-state index is 0.110. The standard InChI is InChI=1S/C18H23ClN2/c1-13(2)11-14-3-5-15(6-4-14)18(12-20)21-17-9-7-16(19)8-10-17/h3-10,13,18,21H,11-12,20H2,1-2H3. The summed E-state index contributed by atoms with van der Waals surface area (Å²) in [5.74, 6) is 0.674. The minimum Gasteiger partial charge on any atom is -0.377 e. The van der Waals surface area contributed by atoms with Crippen molar-refractivity contribution in [1.82, 2.24) is 0 Å². The minimum atomic E-state index is 0.110. The molecular weight excluding hydrogens is 280 g/mol. The van der Waals surface area contributed by atoms with Crippen LogP contribution in [0.3, 0.4) is 0 Å². The van der Waals surface area contributed by atoms with Crippen LogP contribution in [0.2, 0.25) is 5.02 Å². The van der Waals surface area contributed by atoms with Crippen molar-refractivity contribution in [3.05, 3.63) is 64.7 Å². The highest BCUT2D eigenvalue weighted by molar-refractivity contribution is 6.30. The molecule has 0 aliphatic rings. The zero-order valence-electron chi connectivity index (χ0n) is 12.6. The van der Waals surface area contributed by atoms with E-state index in [1.807, 2.05) is 24.3 Å². The van der Waals surface area contributed by atoms with Crippen molar-refractivity contribution >= 4 is 17.3 Å². The fourth-order valence-electron chi connectivity index (χ4n) is 2.38. The first-order valence-electron chi connectivity index (χ1n) is 7.39. The van der Waals surface area contributed by atoms with Gasteiger partial charge in [0, 0.05) is 17.3 Å². The molecule has 0 spiro atoms. The van der Waals surface area contributed by atoms with E-state index in [2.05, 4.69) is 43.4 Å². The molecule has 0 saturated heterocycles. The molecule has 0 saturated carbocycles. The lowest BCUT2D eigenvalue weighted by molar-refractivity contribution is 0.647. The number of benzene rings is 2. The molecule has 0 aromatic heterocycles. The summed E-state index contributed by atoms with van der Waals surface area (Å²) in [4.78, 5) is 0. The van der Waals surface area contributed by atoms with Crippen LogP contribution in [0, 0.1) is 5.92 Å². The Balaban J connectivity index is 2.08. The van der Waals surface area contributed by atoms with Crippen molar-refractivity contribution in [1.29, 1.82) is 0 Å². The molecule has 2 aromatic rings. The van der Waals surface area contributed by atoms with Crippen molar-refractivity contribution in [3.8, 4) is 0 Å². The number of halogens is 1. The zero-order chi connectivity index (χ0) is 15.2. The molecule has 21 heavy (non-hydrogen) atoms. The van der Waals surface area contributed by atoms with E-state index in [9.17, 15) is 0 Å². The molecule has 0 aliphatic carbocycles. The lowest BCUT2D eigenvalue weighted by Gasteiger charge is -2.19. The fraction of sp³-hybridized carbons (Fsp3) is 0.333. The Morgan fingerprint density at radius 1 is 1.00 bits per heavy atom. The summed E-state index contributed by atoms with van der Waals surface area (Å²) >= 11 is 5.91. The summed E-state index contributed by atoms with van der Waals surface area (Å²) in [7, 11) is 0. The van der Waals surface area contributed by atoms with Crippen LogP contribution in [-0.4, -0.2) is 6.54 Å². The van der Waals surface area contributed by atoms with Gasteiger partial charge in [0.05, 0.1) is 6.04 Å².